The van der Waals surface area contributed by atoms with Crippen molar-refractivity contribution in [3.63, 3.8) is 0 Å². The van der Waals surface area contributed by atoms with Crippen molar-refractivity contribution < 1.29 is 0 Å². The smallest absolute Gasteiger partial charge is 0.0494 e. The molecule has 0 amide bonds. The molecule has 1 aromatic rings. The minimum Gasteiger partial charge on any atom is -0.369 e. The number of nitrogens with zero attached hydrogens (tertiary/aromatic N) is 1. The molecule has 1 aliphatic heterocycles. The predicted octanol–water partition coefficient (Wildman–Crippen LogP) is 4.07. The van der Waals surface area contributed by atoms with Gasteiger partial charge < -0.3 is 4.90 Å². The van der Waals surface area contributed by atoms with Crippen molar-refractivity contribution in [2.24, 2.45) is 0 Å². The number of anilines is 1. The Morgan fingerprint density at radius 1 is 1.47 bits per heavy atom. The van der Waals surface area contributed by atoms with Gasteiger partial charge in [-0.15, -0.1) is 11.6 Å². The molecule has 0 spiro atoms. The van der Waals surface area contributed by atoms with E-state index in [-0.39, 0.29) is 0 Å². The molecule has 1 saturated heterocycles. The summed E-state index contributed by atoms with van der Waals surface area (Å²) in [5.41, 5.74) is 2.39. The van der Waals surface area contributed by atoms with Gasteiger partial charge in [0.25, 0.3) is 0 Å². The summed E-state index contributed by atoms with van der Waals surface area (Å²) >= 11 is 12.0. The molecule has 0 radical (unpaired) electrons. The van der Waals surface area contributed by atoms with Crippen LogP contribution in [0, 0.1) is 0 Å². The third kappa shape index (κ3) is 2.24. The van der Waals surface area contributed by atoms with Gasteiger partial charge in [-0.25, -0.2) is 0 Å². The van der Waals surface area contributed by atoms with Crippen molar-refractivity contribution in [3.05, 3.63) is 28.8 Å². The number of alkyl halides is 1. The first kappa shape index (κ1) is 11.1. The molecule has 1 aliphatic rings. The van der Waals surface area contributed by atoms with Gasteiger partial charge in [-0.05, 0) is 37.5 Å². The predicted molar refractivity (Wildman–Crippen MR) is 67.1 cm³/mol. The zero-order chi connectivity index (χ0) is 10.8. The third-order valence-corrected chi connectivity index (χ3v) is 3.58. The molecular weight excluding hydrogens is 229 g/mol. The monoisotopic (exact) mass is 243 g/mol. The average Bonchev–Trinajstić information content (AvgIpc) is 2.64. The second-order valence-corrected chi connectivity index (χ2v) is 4.80. The summed E-state index contributed by atoms with van der Waals surface area (Å²) in [5, 5.41) is 0.790. The second-order valence-electron chi connectivity index (χ2n) is 4.09. The van der Waals surface area contributed by atoms with E-state index < -0.39 is 0 Å². The molecule has 82 valence electrons. The van der Waals surface area contributed by atoms with Crippen molar-refractivity contribution in [1.29, 1.82) is 0 Å². The van der Waals surface area contributed by atoms with E-state index in [1.807, 2.05) is 18.2 Å². The molecule has 15 heavy (non-hydrogen) atoms. The second kappa shape index (κ2) is 4.63. The first-order chi connectivity index (χ1) is 7.22. The molecule has 3 heteroatoms. The molecule has 0 bridgehead atoms. The van der Waals surface area contributed by atoms with E-state index in [2.05, 4.69) is 11.8 Å². The molecular formula is C12H15Cl2N. The van der Waals surface area contributed by atoms with Crippen molar-refractivity contribution in [1.82, 2.24) is 0 Å². The highest BCUT2D eigenvalue weighted by atomic mass is 35.5. The zero-order valence-electron chi connectivity index (χ0n) is 8.84. The van der Waals surface area contributed by atoms with Crippen LogP contribution in [0.3, 0.4) is 0 Å². The molecule has 2 rings (SSSR count). The molecule has 0 N–H and O–H groups in total. The lowest BCUT2D eigenvalue weighted by molar-refractivity contribution is 0.733. The lowest BCUT2D eigenvalue weighted by atomic mass is 10.1. The fourth-order valence-electron chi connectivity index (χ4n) is 2.21. The van der Waals surface area contributed by atoms with Crippen molar-refractivity contribution in [2.75, 3.05) is 11.4 Å². The number of benzene rings is 1. The largest absolute Gasteiger partial charge is 0.369 e. The van der Waals surface area contributed by atoms with Crippen LogP contribution in [-0.2, 0) is 5.88 Å². The molecule has 1 unspecified atom stereocenters. The SMILES string of the molecule is CC1CCCN1c1cc(Cl)ccc1CCl. The van der Waals surface area contributed by atoms with E-state index in [1.165, 1.54) is 24.1 Å². The highest BCUT2D eigenvalue weighted by Crippen LogP contribution is 2.31. The van der Waals surface area contributed by atoms with Crippen LogP contribution in [0.1, 0.15) is 25.3 Å². The molecule has 1 fully saturated rings. The minimum absolute atomic E-state index is 0.551. The summed E-state index contributed by atoms with van der Waals surface area (Å²) < 4.78 is 0. The van der Waals surface area contributed by atoms with Crippen LogP contribution in [0.5, 0.6) is 0 Å². The van der Waals surface area contributed by atoms with Crippen LogP contribution >= 0.6 is 23.2 Å². The molecule has 0 saturated carbocycles. The summed E-state index contributed by atoms with van der Waals surface area (Å²) in [6, 6.07) is 6.56. The van der Waals surface area contributed by atoms with Crippen molar-refractivity contribution >= 4 is 28.9 Å². The van der Waals surface area contributed by atoms with E-state index in [9.17, 15) is 0 Å². The van der Waals surface area contributed by atoms with Gasteiger partial charge in [0.15, 0.2) is 0 Å². The number of hydrogen-bond donors (Lipinski definition) is 0. The van der Waals surface area contributed by atoms with Crippen molar-refractivity contribution in [3.8, 4) is 0 Å². The standard InChI is InChI=1S/C12H15Cl2N/c1-9-3-2-6-15(9)12-7-11(14)5-4-10(12)8-13/h4-5,7,9H,2-3,6,8H2,1H3. The van der Waals surface area contributed by atoms with Crippen molar-refractivity contribution in [2.45, 2.75) is 31.7 Å². The molecule has 1 atom stereocenters. The topological polar surface area (TPSA) is 3.24 Å². The van der Waals surface area contributed by atoms with Gasteiger partial charge in [-0.1, -0.05) is 17.7 Å². The highest BCUT2D eigenvalue weighted by molar-refractivity contribution is 6.31. The van der Waals surface area contributed by atoms with Crippen LogP contribution in [0.25, 0.3) is 0 Å². The number of halogens is 2. The zero-order valence-corrected chi connectivity index (χ0v) is 10.4. The normalized spacial score (nSPS) is 21.0. The van der Waals surface area contributed by atoms with Gasteiger partial charge in [0, 0.05) is 29.2 Å². The Hall–Kier alpha value is -0.400. The maximum Gasteiger partial charge on any atom is 0.0494 e. The van der Waals surface area contributed by atoms with Gasteiger partial charge >= 0.3 is 0 Å². The summed E-state index contributed by atoms with van der Waals surface area (Å²) in [6.07, 6.45) is 2.52. The van der Waals surface area contributed by atoms with Crippen LogP contribution in [0.4, 0.5) is 5.69 Å². The Labute approximate surface area is 101 Å². The first-order valence-electron chi connectivity index (χ1n) is 5.33. The fourth-order valence-corrected chi connectivity index (χ4v) is 2.60. The maximum absolute atomic E-state index is 6.03. The van der Waals surface area contributed by atoms with E-state index in [4.69, 9.17) is 23.2 Å². The van der Waals surface area contributed by atoms with Gasteiger partial charge in [-0.2, -0.15) is 0 Å². The van der Waals surface area contributed by atoms with E-state index in [1.54, 1.807) is 0 Å². The summed E-state index contributed by atoms with van der Waals surface area (Å²) in [7, 11) is 0. The maximum atomic E-state index is 6.03. The molecule has 0 aromatic heterocycles. The first-order valence-corrected chi connectivity index (χ1v) is 6.24. The molecule has 1 nitrogen and oxygen atoms in total. The van der Waals surface area contributed by atoms with Gasteiger partial charge in [0.05, 0.1) is 0 Å². The van der Waals surface area contributed by atoms with Gasteiger partial charge in [0.2, 0.25) is 0 Å². The Balaban J connectivity index is 2.36. The molecule has 1 heterocycles. The summed E-state index contributed by atoms with van der Waals surface area (Å²) in [4.78, 5) is 2.41. The lowest BCUT2D eigenvalue weighted by Crippen LogP contribution is -2.27. The summed E-state index contributed by atoms with van der Waals surface area (Å²) in [5.74, 6) is 0.551. The molecule has 0 aliphatic carbocycles. The van der Waals surface area contributed by atoms with E-state index >= 15 is 0 Å². The minimum atomic E-state index is 0.551. The Kier molecular flexibility index (Phi) is 3.42. The van der Waals surface area contributed by atoms with Crippen LogP contribution < -0.4 is 4.90 Å². The van der Waals surface area contributed by atoms with E-state index in [0.29, 0.717) is 11.9 Å². The Morgan fingerprint density at radius 2 is 2.27 bits per heavy atom. The quantitative estimate of drug-likeness (QED) is 0.709. The van der Waals surface area contributed by atoms with E-state index in [0.717, 1.165) is 11.6 Å². The fraction of sp³-hybridized carbons (Fsp3) is 0.500. The Bertz CT molecular complexity index is 351. The Morgan fingerprint density at radius 3 is 2.87 bits per heavy atom. The average molecular weight is 244 g/mol. The van der Waals surface area contributed by atoms with Crippen LogP contribution in [-0.4, -0.2) is 12.6 Å². The van der Waals surface area contributed by atoms with Gasteiger partial charge in [-0.3, -0.25) is 0 Å². The lowest BCUT2D eigenvalue weighted by Gasteiger charge is -2.26. The number of rotatable bonds is 2. The summed E-state index contributed by atoms with van der Waals surface area (Å²) in [6.45, 7) is 3.37. The van der Waals surface area contributed by atoms with Gasteiger partial charge in [0.1, 0.15) is 0 Å². The van der Waals surface area contributed by atoms with Crippen LogP contribution in [0.15, 0.2) is 18.2 Å². The molecule has 1 aromatic carbocycles. The highest BCUT2D eigenvalue weighted by Gasteiger charge is 2.22. The number of hydrogen-bond acceptors (Lipinski definition) is 1. The third-order valence-electron chi connectivity index (χ3n) is 3.05. The van der Waals surface area contributed by atoms with Crippen LogP contribution in [0.2, 0.25) is 5.02 Å².